The molecule has 1 aromatic carbocycles. The highest BCUT2D eigenvalue weighted by Crippen LogP contribution is 2.15. The standard InChI is InChI=1S/C16H20N2O/c1-12-3-5-14(6-4-12)13(2)18-11-16(19)15-7-9-17-10-8-15/h3-10,13,16,18-19H,11H2,1-2H3. The van der Waals surface area contributed by atoms with Crippen LogP contribution in [0.5, 0.6) is 0 Å². The Kier molecular flexibility index (Phi) is 4.66. The summed E-state index contributed by atoms with van der Waals surface area (Å²) in [5, 5.41) is 13.4. The molecule has 1 heterocycles. The molecule has 0 saturated carbocycles. The average Bonchev–Trinajstić information content (AvgIpc) is 2.46. The monoisotopic (exact) mass is 256 g/mol. The van der Waals surface area contributed by atoms with Crippen LogP contribution in [-0.2, 0) is 0 Å². The summed E-state index contributed by atoms with van der Waals surface area (Å²) in [6, 6.07) is 12.3. The molecular formula is C16H20N2O. The number of hydrogen-bond acceptors (Lipinski definition) is 3. The van der Waals surface area contributed by atoms with Crippen LogP contribution in [-0.4, -0.2) is 16.6 Å². The minimum atomic E-state index is -0.504. The molecule has 0 saturated heterocycles. The van der Waals surface area contributed by atoms with E-state index in [-0.39, 0.29) is 6.04 Å². The normalized spacial score (nSPS) is 14.1. The van der Waals surface area contributed by atoms with Gasteiger partial charge in [-0.2, -0.15) is 0 Å². The van der Waals surface area contributed by atoms with Gasteiger partial charge in [0, 0.05) is 25.0 Å². The van der Waals surface area contributed by atoms with Crippen LogP contribution >= 0.6 is 0 Å². The molecule has 0 radical (unpaired) electrons. The third-order valence-corrected chi connectivity index (χ3v) is 3.29. The average molecular weight is 256 g/mol. The fourth-order valence-corrected chi connectivity index (χ4v) is 1.96. The smallest absolute Gasteiger partial charge is 0.0915 e. The Hall–Kier alpha value is -1.71. The topological polar surface area (TPSA) is 45.1 Å². The molecular weight excluding hydrogens is 236 g/mol. The van der Waals surface area contributed by atoms with E-state index in [9.17, 15) is 5.11 Å². The van der Waals surface area contributed by atoms with Gasteiger partial charge >= 0.3 is 0 Å². The fraction of sp³-hybridized carbons (Fsp3) is 0.312. The number of benzene rings is 1. The summed E-state index contributed by atoms with van der Waals surface area (Å²) < 4.78 is 0. The number of rotatable bonds is 5. The lowest BCUT2D eigenvalue weighted by Crippen LogP contribution is -2.24. The molecule has 3 heteroatoms. The maximum Gasteiger partial charge on any atom is 0.0915 e. The quantitative estimate of drug-likeness (QED) is 0.864. The largest absolute Gasteiger partial charge is 0.387 e. The predicted octanol–water partition coefficient (Wildman–Crippen LogP) is 2.77. The summed E-state index contributed by atoms with van der Waals surface area (Å²) in [4.78, 5) is 3.95. The number of pyridine rings is 1. The van der Waals surface area contributed by atoms with Crippen molar-refractivity contribution < 1.29 is 5.11 Å². The van der Waals surface area contributed by atoms with Crippen LogP contribution in [0.15, 0.2) is 48.8 Å². The van der Waals surface area contributed by atoms with Crippen molar-refractivity contribution in [2.24, 2.45) is 0 Å². The number of aliphatic hydroxyl groups is 1. The molecule has 0 aliphatic heterocycles. The molecule has 2 atom stereocenters. The lowest BCUT2D eigenvalue weighted by molar-refractivity contribution is 0.170. The first kappa shape index (κ1) is 13.7. The Bertz CT molecular complexity index is 496. The van der Waals surface area contributed by atoms with E-state index < -0.39 is 6.10 Å². The predicted molar refractivity (Wildman–Crippen MR) is 76.8 cm³/mol. The van der Waals surface area contributed by atoms with E-state index in [4.69, 9.17) is 0 Å². The number of aromatic nitrogens is 1. The fourth-order valence-electron chi connectivity index (χ4n) is 1.96. The van der Waals surface area contributed by atoms with E-state index >= 15 is 0 Å². The van der Waals surface area contributed by atoms with Crippen molar-refractivity contribution in [3.63, 3.8) is 0 Å². The van der Waals surface area contributed by atoms with Crippen molar-refractivity contribution in [2.45, 2.75) is 26.0 Å². The lowest BCUT2D eigenvalue weighted by Gasteiger charge is -2.17. The minimum absolute atomic E-state index is 0.220. The molecule has 0 amide bonds. The van der Waals surface area contributed by atoms with Gasteiger partial charge in [0.15, 0.2) is 0 Å². The number of nitrogens with zero attached hydrogens (tertiary/aromatic N) is 1. The molecule has 2 N–H and O–H groups in total. The summed E-state index contributed by atoms with van der Waals surface area (Å²) in [5.41, 5.74) is 3.37. The molecule has 0 fully saturated rings. The first-order chi connectivity index (χ1) is 9.16. The number of hydrogen-bond donors (Lipinski definition) is 2. The van der Waals surface area contributed by atoms with E-state index in [1.165, 1.54) is 11.1 Å². The summed E-state index contributed by atoms with van der Waals surface area (Å²) in [6.45, 7) is 4.71. The van der Waals surface area contributed by atoms with E-state index in [2.05, 4.69) is 48.4 Å². The molecule has 0 spiro atoms. The minimum Gasteiger partial charge on any atom is -0.387 e. The van der Waals surface area contributed by atoms with Crippen LogP contribution in [0.1, 0.15) is 35.8 Å². The van der Waals surface area contributed by atoms with Crippen LogP contribution in [0, 0.1) is 6.92 Å². The van der Waals surface area contributed by atoms with Crippen LogP contribution in [0.3, 0.4) is 0 Å². The maximum absolute atomic E-state index is 10.1. The van der Waals surface area contributed by atoms with Crippen LogP contribution < -0.4 is 5.32 Å². The van der Waals surface area contributed by atoms with Gasteiger partial charge in [-0.3, -0.25) is 4.98 Å². The third kappa shape index (κ3) is 3.88. The van der Waals surface area contributed by atoms with Gasteiger partial charge in [0.1, 0.15) is 0 Å². The summed E-state index contributed by atoms with van der Waals surface area (Å²) in [6.07, 6.45) is 2.89. The van der Waals surface area contributed by atoms with Gasteiger partial charge in [-0.1, -0.05) is 29.8 Å². The number of aliphatic hydroxyl groups excluding tert-OH is 1. The van der Waals surface area contributed by atoms with Crippen molar-refractivity contribution in [3.8, 4) is 0 Å². The van der Waals surface area contributed by atoms with E-state index in [0.29, 0.717) is 6.54 Å². The maximum atomic E-state index is 10.1. The Balaban J connectivity index is 1.90. The lowest BCUT2D eigenvalue weighted by atomic mass is 10.1. The van der Waals surface area contributed by atoms with Crippen LogP contribution in [0.4, 0.5) is 0 Å². The molecule has 2 unspecified atom stereocenters. The molecule has 1 aromatic heterocycles. The third-order valence-electron chi connectivity index (χ3n) is 3.29. The van der Waals surface area contributed by atoms with Crippen LogP contribution in [0.2, 0.25) is 0 Å². The summed E-state index contributed by atoms with van der Waals surface area (Å²) in [5.74, 6) is 0. The Morgan fingerprint density at radius 1 is 1.05 bits per heavy atom. The van der Waals surface area contributed by atoms with Crippen molar-refractivity contribution in [1.29, 1.82) is 0 Å². The first-order valence-electron chi connectivity index (χ1n) is 6.55. The van der Waals surface area contributed by atoms with Gasteiger partial charge in [-0.15, -0.1) is 0 Å². The Morgan fingerprint density at radius 3 is 2.32 bits per heavy atom. The van der Waals surface area contributed by atoms with Crippen molar-refractivity contribution >= 4 is 0 Å². The highest BCUT2D eigenvalue weighted by Gasteiger charge is 2.10. The SMILES string of the molecule is Cc1ccc(C(C)NCC(O)c2ccncc2)cc1. The van der Waals surface area contributed by atoms with Gasteiger partial charge in [-0.05, 0) is 37.1 Å². The van der Waals surface area contributed by atoms with Crippen molar-refractivity contribution in [1.82, 2.24) is 10.3 Å². The molecule has 3 nitrogen and oxygen atoms in total. The molecule has 0 aliphatic rings. The molecule has 2 rings (SSSR count). The van der Waals surface area contributed by atoms with Gasteiger partial charge in [-0.25, -0.2) is 0 Å². The zero-order chi connectivity index (χ0) is 13.7. The summed E-state index contributed by atoms with van der Waals surface area (Å²) >= 11 is 0. The van der Waals surface area contributed by atoms with E-state index in [1.807, 2.05) is 12.1 Å². The summed E-state index contributed by atoms with van der Waals surface area (Å²) in [7, 11) is 0. The highest BCUT2D eigenvalue weighted by molar-refractivity contribution is 5.23. The zero-order valence-corrected chi connectivity index (χ0v) is 11.4. The van der Waals surface area contributed by atoms with Crippen LogP contribution in [0.25, 0.3) is 0 Å². The Morgan fingerprint density at radius 2 is 1.68 bits per heavy atom. The first-order valence-corrected chi connectivity index (χ1v) is 6.55. The van der Waals surface area contributed by atoms with Gasteiger partial charge < -0.3 is 10.4 Å². The van der Waals surface area contributed by atoms with Gasteiger partial charge in [0.2, 0.25) is 0 Å². The van der Waals surface area contributed by atoms with Crippen molar-refractivity contribution in [2.75, 3.05) is 6.54 Å². The van der Waals surface area contributed by atoms with E-state index in [0.717, 1.165) is 5.56 Å². The number of nitrogens with one attached hydrogen (secondary N) is 1. The molecule has 0 aliphatic carbocycles. The molecule has 19 heavy (non-hydrogen) atoms. The van der Waals surface area contributed by atoms with Crippen molar-refractivity contribution in [3.05, 3.63) is 65.5 Å². The molecule has 0 bridgehead atoms. The number of aryl methyl sites for hydroxylation is 1. The molecule has 100 valence electrons. The zero-order valence-electron chi connectivity index (χ0n) is 11.4. The second kappa shape index (κ2) is 6.45. The van der Waals surface area contributed by atoms with Gasteiger partial charge in [0.25, 0.3) is 0 Å². The second-order valence-electron chi connectivity index (χ2n) is 4.84. The van der Waals surface area contributed by atoms with E-state index in [1.54, 1.807) is 12.4 Å². The molecule has 2 aromatic rings. The van der Waals surface area contributed by atoms with Gasteiger partial charge in [0.05, 0.1) is 6.10 Å². The highest BCUT2D eigenvalue weighted by atomic mass is 16.3. The second-order valence-corrected chi connectivity index (χ2v) is 4.84. The Labute approximate surface area is 114 Å².